The van der Waals surface area contributed by atoms with E-state index in [1.807, 2.05) is 18.2 Å². The third kappa shape index (κ3) is 7.82. The van der Waals surface area contributed by atoms with E-state index in [1.165, 1.54) is 17.5 Å². The summed E-state index contributed by atoms with van der Waals surface area (Å²) < 4.78 is 27.5. The van der Waals surface area contributed by atoms with E-state index in [9.17, 15) is 28.3 Å². The summed E-state index contributed by atoms with van der Waals surface area (Å²) in [5.74, 6) is -2.77. The van der Waals surface area contributed by atoms with E-state index in [1.54, 1.807) is 0 Å². The Morgan fingerprint density at radius 2 is 1.72 bits per heavy atom. The van der Waals surface area contributed by atoms with E-state index < -0.39 is 29.7 Å². The van der Waals surface area contributed by atoms with E-state index in [0.29, 0.717) is 6.54 Å². The summed E-state index contributed by atoms with van der Waals surface area (Å²) in [7, 11) is 1.51. The Bertz CT molecular complexity index is 1080. The van der Waals surface area contributed by atoms with Gasteiger partial charge in [-0.05, 0) is 41.7 Å². The number of carbonyl (C=O) groups excluding carboxylic acids is 3. The minimum Gasteiger partial charge on any atom is -0.390 e. The molecule has 36 heavy (non-hydrogen) atoms. The van der Waals surface area contributed by atoms with Gasteiger partial charge < -0.3 is 25.5 Å². The summed E-state index contributed by atoms with van der Waals surface area (Å²) in [4.78, 5) is 39.3. The first-order chi connectivity index (χ1) is 17.1. The number of piperazine rings is 1. The predicted molar refractivity (Wildman–Crippen MR) is 130 cm³/mol. The zero-order valence-corrected chi connectivity index (χ0v) is 20.5. The van der Waals surface area contributed by atoms with Crippen molar-refractivity contribution in [3.8, 4) is 0 Å². The van der Waals surface area contributed by atoms with Gasteiger partial charge in [-0.2, -0.15) is 0 Å². The number of nitrogens with zero attached hydrogens (tertiary/aromatic N) is 2. The number of aliphatic hydroxyl groups excluding tert-OH is 1. The van der Waals surface area contributed by atoms with Gasteiger partial charge in [-0.1, -0.05) is 31.2 Å². The quantitative estimate of drug-likeness (QED) is 0.426. The molecule has 10 heteroatoms. The second-order valence-electron chi connectivity index (χ2n) is 9.03. The summed E-state index contributed by atoms with van der Waals surface area (Å²) in [6.45, 7) is 1.94. The standard InChI is InChI=1S/C26H32F2N4O4/c1-3-17-5-4-6-18(7-17)12-29-13-23(33)22(10-19-8-20(27)11-21(28)9-19)30-24(34)14-32-16-25(35)31(2)15-26(32)36/h4-9,11,22-23,29,33H,3,10,12-16H2,1-2H3,(H,30,34)/t22-,23+/m0/s1. The van der Waals surface area contributed by atoms with Crippen molar-refractivity contribution in [2.24, 2.45) is 0 Å². The topological polar surface area (TPSA) is 102 Å². The largest absolute Gasteiger partial charge is 0.390 e. The number of rotatable bonds is 11. The second-order valence-corrected chi connectivity index (χ2v) is 9.03. The normalized spacial score (nSPS) is 15.7. The molecule has 0 aliphatic carbocycles. The fourth-order valence-electron chi connectivity index (χ4n) is 4.07. The van der Waals surface area contributed by atoms with E-state index >= 15 is 0 Å². The molecule has 3 amide bonds. The summed E-state index contributed by atoms with van der Waals surface area (Å²) >= 11 is 0. The fourth-order valence-corrected chi connectivity index (χ4v) is 4.07. The first kappa shape index (κ1) is 27.2. The number of amides is 3. The molecule has 8 nitrogen and oxygen atoms in total. The number of carbonyl (C=O) groups is 3. The number of aliphatic hydroxyl groups is 1. The van der Waals surface area contributed by atoms with Gasteiger partial charge in [0.05, 0.1) is 18.7 Å². The summed E-state index contributed by atoms with van der Waals surface area (Å²) in [5, 5.41) is 16.7. The molecule has 0 radical (unpaired) electrons. The van der Waals surface area contributed by atoms with Crippen LogP contribution in [0.15, 0.2) is 42.5 Å². The molecule has 0 saturated carbocycles. The van der Waals surface area contributed by atoms with E-state index in [4.69, 9.17) is 0 Å². The minimum absolute atomic E-state index is 0.0375. The Morgan fingerprint density at radius 1 is 1.03 bits per heavy atom. The van der Waals surface area contributed by atoms with Gasteiger partial charge in [-0.25, -0.2) is 8.78 Å². The summed E-state index contributed by atoms with van der Waals surface area (Å²) in [5.41, 5.74) is 2.48. The monoisotopic (exact) mass is 502 g/mol. The zero-order chi connectivity index (χ0) is 26.2. The van der Waals surface area contributed by atoms with Crippen molar-refractivity contribution in [3.05, 3.63) is 70.8 Å². The van der Waals surface area contributed by atoms with Crippen LogP contribution in [-0.2, 0) is 33.8 Å². The first-order valence-electron chi connectivity index (χ1n) is 11.9. The lowest BCUT2D eigenvalue weighted by atomic mass is 10.0. The van der Waals surface area contributed by atoms with Crippen molar-refractivity contribution in [1.29, 1.82) is 0 Å². The first-order valence-corrected chi connectivity index (χ1v) is 11.9. The molecular formula is C26H32F2N4O4. The van der Waals surface area contributed by atoms with Gasteiger partial charge in [0.25, 0.3) is 0 Å². The molecule has 2 aromatic carbocycles. The van der Waals surface area contributed by atoms with E-state index in [2.05, 4.69) is 23.6 Å². The Morgan fingerprint density at radius 3 is 2.42 bits per heavy atom. The molecule has 0 bridgehead atoms. The average Bonchev–Trinajstić information content (AvgIpc) is 2.81. The maximum atomic E-state index is 13.7. The number of halogens is 2. The number of nitrogens with one attached hydrogen (secondary N) is 2. The third-order valence-corrected chi connectivity index (χ3v) is 6.08. The third-order valence-electron chi connectivity index (χ3n) is 6.08. The summed E-state index contributed by atoms with van der Waals surface area (Å²) in [6.07, 6.45) is -0.236. The van der Waals surface area contributed by atoms with Crippen LogP contribution < -0.4 is 10.6 Å². The number of aryl methyl sites for hydroxylation is 1. The molecule has 3 N–H and O–H groups in total. The lowest BCUT2D eigenvalue weighted by molar-refractivity contribution is -0.150. The van der Waals surface area contributed by atoms with E-state index in [0.717, 1.165) is 35.1 Å². The van der Waals surface area contributed by atoms with Gasteiger partial charge in [0, 0.05) is 26.2 Å². The van der Waals surface area contributed by atoms with Crippen LogP contribution in [0, 0.1) is 11.6 Å². The highest BCUT2D eigenvalue weighted by Gasteiger charge is 2.30. The summed E-state index contributed by atoms with van der Waals surface area (Å²) in [6, 6.07) is 10.1. The molecule has 1 fully saturated rings. The Hall–Kier alpha value is -3.37. The van der Waals surface area contributed by atoms with Crippen LogP contribution in [0.3, 0.4) is 0 Å². The Labute approximate surface area is 209 Å². The van der Waals surface area contributed by atoms with Crippen molar-refractivity contribution in [2.45, 2.75) is 38.5 Å². The van der Waals surface area contributed by atoms with Crippen LogP contribution in [0.2, 0.25) is 0 Å². The molecule has 2 atom stereocenters. The molecule has 1 saturated heterocycles. The molecule has 1 heterocycles. The van der Waals surface area contributed by atoms with Crippen molar-refractivity contribution < 1.29 is 28.3 Å². The predicted octanol–water partition coefficient (Wildman–Crippen LogP) is 1.01. The fraction of sp³-hybridized carbons (Fsp3) is 0.423. The van der Waals surface area contributed by atoms with Crippen LogP contribution in [0.4, 0.5) is 8.78 Å². The molecule has 0 aromatic heterocycles. The highest BCUT2D eigenvalue weighted by atomic mass is 19.1. The highest BCUT2D eigenvalue weighted by Crippen LogP contribution is 2.13. The molecule has 1 aliphatic rings. The van der Waals surface area contributed by atoms with Crippen LogP contribution in [0.25, 0.3) is 0 Å². The van der Waals surface area contributed by atoms with Crippen LogP contribution in [0.1, 0.15) is 23.6 Å². The van der Waals surface area contributed by atoms with Crippen molar-refractivity contribution in [3.63, 3.8) is 0 Å². The zero-order valence-electron chi connectivity index (χ0n) is 20.5. The van der Waals surface area contributed by atoms with Gasteiger partial charge in [-0.3, -0.25) is 14.4 Å². The van der Waals surface area contributed by atoms with Crippen molar-refractivity contribution in [2.75, 3.05) is 33.2 Å². The van der Waals surface area contributed by atoms with E-state index in [-0.39, 0.29) is 50.0 Å². The van der Waals surface area contributed by atoms with Gasteiger partial charge in [0.2, 0.25) is 17.7 Å². The number of likely N-dealkylation sites (N-methyl/N-ethyl adjacent to an activating group) is 1. The maximum absolute atomic E-state index is 13.7. The number of hydrogen-bond acceptors (Lipinski definition) is 5. The number of benzene rings is 2. The molecular weight excluding hydrogens is 470 g/mol. The van der Waals surface area contributed by atoms with Gasteiger partial charge in [0.15, 0.2) is 0 Å². The maximum Gasteiger partial charge on any atom is 0.243 e. The molecule has 0 spiro atoms. The average molecular weight is 503 g/mol. The molecule has 1 aliphatic heterocycles. The lowest BCUT2D eigenvalue weighted by Gasteiger charge is -2.32. The van der Waals surface area contributed by atoms with Crippen LogP contribution in [-0.4, -0.2) is 78.0 Å². The molecule has 2 aromatic rings. The SMILES string of the molecule is CCc1cccc(CNC[C@@H](O)[C@H](Cc2cc(F)cc(F)c2)NC(=O)CN2CC(=O)N(C)CC2=O)c1. The second kappa shape index (κ2) is 12.5. The van der Waals surface area contributed by atoms with Gasteiger partial charge >= 0.3 is 0 Å². The highest BCUT2D eigenvalue weighted by molar-refractivity contribution is 5.94. The minimum atomic E-state index is -1.10. The van der Waals surface area contributed by atoms with Gasteiger partial charge in [0.1, 0.15) is 24.7 Å². The van der Waals surface area contributed by atoms with Crippen molar-refractivity contribution in [1.82, 2.24) is 20.4 Å². The van der Waals surface area contributed by atoms with Crippen LogP contribution in [0.5, 0.6) is 0 Å². The van der Waals surface area contributed by atoms with Crippen molar-refractivity contribution >= 4 is 17.7 Å². The molecule has 3 rings (SSSR count). The number of hydrogen-bond donors (Lipinski definition) is 3. The van der Waals surface area contributed by atoms with Gasteiger partial charge in [-0.15, -0.1) is 0 Å². The smallest absolute Gasteiger partial charge is 0.243 e. The lowest BCUT2D eigenvalue weighted by Crippen LogP contribution is -2.56. The Kier molecular flexibility index (Phi) is 9.49. The Balaban J connectivity index is 1.65. The molecule has 194 valence electrons. The molecule has 0 unspecified atom stereocenters. The van der Waals surface area contributed by atoms with Crippen LogP contribution >= 0.6 is 0 Å².